The van der Waals surface area contributed by atoms with E-state index in [2.05, 4.69) is 5.32 Å². The average Bonchev–Trinajstić information content (AvgIpc) is 3.07. The summed E-state index contributed by atoms with van der Waals surface area (Å²) in [5.41, 5.74) is 1.21. The highest BCUT2D eigenvalue weighted by molar-refractivity contribution is 7.92. The van der Waals surface area contributed by atoms with Crippen molar-refractivity contribution in [2.24, 2.45) is 11.8 Å². The second-order valence-corrected chi connectivity index (χ2v) is 9.39. The van der Waals surface area contributed by atoms with E-state index in [-0.39, 0.29) is 18.5 Å². The minimum absolute atomic E-state index is 0.198. The largest absolute Gasteiger partial charge is 0.352 e. The number of hydrogen-bond acceptors (Lipinski definition) is 3. The molecular weight excluding hydrogens is 348 g/mol. The minimum Gasteiger partial charge on any atom is -0.352 e. The van der Waals surface area contributed by atoms with Gasteiger partial charge in [0.2, 0.25) is 15.9 Å². The van der Waals surface area contributed by atoms with Crippen LogP contribution in [-0.4, -0.2) is 33.2 Å². The van der Waals surface area contributed by atoms with Crippen molar-refractivity contribution in [2.75, 3.05) is 17.1 Å². The minimum atomic E-state index is -3.56. The summed E-state index contributed by atoms with van der Waals surface area (Å²) in [6.07, 6.45) is 5.76. The second-order valence-electron chi connectivity index (χ2n) is 7.05. The zero-order chi connectivity index (χ0) is 17.5. The standard InChI is InChI=1S/C17H23ClN2O3S/c1-11-7-14(18)5-6-16(11)20(24(2,22)23)10-17(21)19-15-9-12-3-4-13(15)8-12/h5-7,12-13,15H,3-4,8-10H2,1-2H3,(H,19,21). The zero-order valence-corrected chi connectivity index (χ0v) is 15.5. The number of halogens is 1. The molecule has 3 rings (SSSR count). The molecule has 2 aliphatic carbocycles. The van der Waals surface area contributed by atoms with Crippen LogP contribution in [0.5, 0.6) is 0 Å². The molecule has 24 heavy (non-hydrogen) atoms. The second kappa shape index (κ2) is 6.56. The Morgan fingerprint density at radius 2 is 2.08 bits per heavy atom. The van der Waals surface area contributed by atoms with Crippen LogP contribution in [0.3, 0.4) is 0 Å². The van der Waals surface area contributed by atoms with E-state index in [1.165, 1.54) is 19.3 Å². The Labute approximate surface area is 148 Å². The van der Waals surface area contributed by atoms with Crippen molar-refractivity contribution in [2.45, 2.75) is 38.6 Å². The van der Waals surface area contributed by atoms with Gasteiger partial charge in [0.25, 0.3) is 0 Å². The fraction of sp³-hybridized carbons (Fsp3) is 0.588. The number of benzene rings is 1. The molecule has 3 atom stereocenters. The first-order chi connectivity index (χ1) is 11.2. The van der Waals surface area contributed by atoms with Gasteiger partial charge in [-0.25, -0.2) is 8.42 Å². The van der Waals surface area contributed by atoms with Crippen LogP contribution in [0.25, 0.3) is 0 Å². The summed E-state index contributed by atoms with van der Waals surface area (Å²) in [6, 6.07) is 5.17. The quantitative estimate of drug-likeness (QED) is 0.866. The van der Waals surface area contributed by atoms with Gasteiger partial charge < -0.3 is 5.32 Å². The summed E-state index contributed by atoms with van der Waals surface area (Å²) in [6.45, 7) is 1.59. The van der Waals surface area contributed by atoms with Gasteiger partial charge in [0.1, 0.15) is 6.54 Å². The van der Waals surface area contributed by atoms with E-state index in [0.717, 1.165) is 28.5 Å². The summed E-state index contributed by atoms with van der Waals surface area (Å²) < 4.78 is 25.5. The first kappa shape index (κ1) is 17.5. The molecule has 1 aromatic carbocycles. The number of rotatable bonds is 5. The Morgan fingerprint density at radius 3 is 2.62 bits per heavy atom. The lowest BCUT2D eigenvalue weighted by Gasteiger charge is -2.27. The molecule has 2 bridgehead atoms. The number of carbonyl (C=O) groups is 1. The maximum Gasteiger partial charge on any atom is 0.241 e. The Balaban J connectivity index is 1.74. The fourth-order valence-electron chi connectivity index (χ4n) is 4.08. The molecule has 7 heteroatoms. The summed E-state index contributed by atoms with van der Waals surface area (Å²) >= 11 is 5.94. The fourth-order valence-corrected chi connectivity index (χ4v) is 5.22. The monoisotopic (exact) mass is 370 g/mol. The van der Waals surface area contributed by atoms with Crippen LogP contribution in [0.4, 0.5) is 5.69 Å². The SMILES string of the molecule is Cc1cc(Cl)ccc1N(CC(=O)NC1CC2CCC1C2)S(C)(=O)=O. The van der Waals surface area contributed by atoms with Gasteiger partial charge >= 0.3 is 0 Å². The summed E-state index contributed by atoms with van der Waals surface area (Å²) in [5.74, 6) is 1.04. The van der Waals surface area contributed by atoms with Crippen molar-refractivity contribution in [3.63, 3.8) is 0 Å². The van der Waals surface area contributed by atoms with Crippen LogP contribution in [0.15, 0.2) is 18.2 Å². The van der Waals surface area contributed by atoms with Crippen molar-refractivity contribution in [3.8, 4) is 0 Å². The van der Waals surface area contributed by atoms with Gasteiger partial charge in [0.15, 0.2) is 0 Å². The lowest BCUT2D eigenvalue weighted by Crippen LogP contribution is -2.45. The molecule has 1 N–H and O–H groups in total. The van der Waals surface area contributed by atoms with Gasteiger partial charge in [0, 0.05) is 11.1 Å². The molecule has 0 spiro atoms. The van der Waals surface area contributed by atoms with Crippen molar-refractivity contribution in [1.29, 1.82) is 0 Å². The van der Waals surface area contributed by atoms with E-state index in [1.54, 1.807) is 25.1 Å². The molecule has 1 aromatic rings. The molecule has 132 valence electrons. The molecule has 1 amide bonds. The lowest BCUT2D eigenvalue weighted by molar-refractivity contribution is -0.120. The number of fused-ring (bicyclic) bond motifs is 2. The molecule has 2 fully saturated rings. The van der Waals surface area contributed by atoms with Crippen molar-refractivity contribution in [1.82, 2.24) is 5.32 Å². The van der Waals surface area contributed by atoms with Gasteiger partial charge in [-0.15, -0.1) is 0 Å². The van der Waals surface area contributed by atoms with Crippen LogP contribution < -0.4 is 9.62 Å². The van der Waals surface area contributed by atoms with Gasteiger partial charge in [-0.3, -0.25) is 9.10 Å². The molecule has 2 aliphatic rings. The molecule has 0 aliphatic heterocycles. The first-order valence-corrected chi connectivity index (χ1v) is 10.5. The third kappa shape index (κ3) is 3.70. The van der Waals surface area contributed by atoms with Crippen LogP contribution >= 0.6 is 11.6 Å². The highest BCUT2D eigenvalue weighted by Gasteiger charge is 2.40. The summed E-state index contributed by atoms with van der Waals surface area (Å²) in [5, 5.41) is 3.58. The molecule has 0 saturated heterocycles. The van der Waals surface area contributed by atoms with Gasteiger partial charge in [-0.1, -0.05) is 18.0 Å². The maximum absolute atomic E-state index is 12.4. The third-order valence-corrected chi connectivity index (χ3v) is 6.56. The van der Waals surface area contributed by atoms with E-state index in [1.807, 2.05) is 0 Å². The van der Waals surface area contributed by atoms with Gasteiger partial charge in [0.05, 0.1) is 11.9 Å². The molecule has 0 radical (unpaired) electrons. The average molecular weight is 371 g/mol. The third-order valence-electron chi connectivity index (χ3n) is 5.20. The number of sulfonamides is 1. The van der Waals surface area contributed by atoms with Crippen molar-refractivity contribution < 1.29 is 13.2 Å². The summed E-state index contributed by atoms with van der Waals surface area (Å²) in [4.78, 5) is 12.4. The number of hydrogen-bond donors (Lipinski definition) is 1. The van der Waals surface area contributed by atoms with E-state index < -0.39 is 10.0 Å². The Hall–Kier alpha value is -1.27. The predicted octanol–water partition coefficient (Wildman–Crippen LogP) is 2.72. The number of nitrogens with zero attached hydrogens (tertiary/aromatic N) is 1. The number of aryl methyl sites for hydroxylation is 1. The molecule has 5 nitrogen and oxygen atoms in total. The maximum atomic E-state index is 12.4. The van der Waals surface area contributed by atoms with Crippen LogP contribution in [0, 0.1) is 18.8 Å². The van der Waals surface area contributed by atoms with Crippen LogP contribution in [0.1, 0.15) is 31.2 Å². The lowest BCUT2D eigenvalue weighted by atomic mass is 9.95. The Morgan fingerprint density at radius 1 is 1.33 bits per heavy atom. The van der Waals surface area contributed by atoms with E-state index in [0.29, 0.717) is 16.6 Å². The Kier molecular flexibility index (Phi) is 4.80. The Bertz CT molecular complexity index is 750. The zero-order valence-electron chi connectivity index (χ0n) is 14.0. The van der Waals surface area contributed by atoms with E-state index >= 15 is 0 Å². The smallest absolute Gasteiger partial charge is 0.241 e. The highest BCUT2D eigenvalue weighted by Crippen LogP contribution is 2.44. The van der Waals surface area contributed by atoms with Crippen LogP contribution in [-0.2, 0) is 14.8 Å². The first-order valence-electron chi connectivity index (χ1n) is 8.27. The highest BCUT2D eigenvalue weighted by atomic mass is 35.5. The van der Waals surface area contributed by atoms with Gasteiger partial charge in [-0.05, 0) is 61.8 Å². The molecular formula is C17H23ClN2O3S. The number of anilines is 1. The van der Waals surface area contributed by atoms with Crippen LogP contribution in [0.2, 0.25) is 5.02 Å². The molecule has 2 saturated carbocycles. The summed E-state index contributed by atoms with van der Waals surface area (Å²) in [7, 11) is -3.56. The van der Waals surface area contributed by atoms with E-state index in [4.69, 9.17) is 11.6 Å². The van der Waals surface area contributed by atoms with E-state index in [9.17, 15) is 13.2 Å². The number of amides is 1. The van der Waals surface area contributed by atoms with Crippen molar-refractivity contribution in [3.05, 3.63) is 28.8 Å². The normalized spacial score (nSPS) is 25.7. The predicted molar refractivity (Wildman–Crippen MR) is 95.8 cm³/mol. The van der Waals surface area contributed by atoms with Crippen molar-refractivity contribution >= 4 is 33.2 Å². The molecule has 0 heterocycles. The molecule has 3 unspecified atom stereocenters. The number of nitrogens with one attached hydrogen (secondary N) is 1. The molecule has 0 aromatic heterocycles. The number of carbonyl (C=O) groups excluding carboxylic acids is 1. The van der Waals surface area contributed by atoms with Gasteiger partial charge in [-0.2, -0.15) is 0 Å². The topological polar surface area (TPSA) is 66.5 Å².